The van der Waals surface area contributed by atoms with Crippen LogP contribution in [0.5, 0.6) is 5.75 Å². The van der Waals surface area contributed by atoms with Gasteiger partial charge in [0.1, 0.15) is 18.3 Å². The number of carbonyl (C=O) groups is 2. The summed E-state index contributed by atoms with van der Waals surface area (Å²) < 4.78 is 88.7. The molecule has 0 saturated carbocycles. The number of methoxy groups -OCH3 is 1. The van der Waals surface area contributed by atoms with Crippen LogP contribution in [0.3, 0.4) is 0 Å². The summed E-state index contributed by atoms with van der Waals surface area (Å²) in [6.07, 6.45) is -7.47. The number of hydrogen-bond acceptors (Lipinski definition) is 3. The molecule has 0 aliphatic carbocycles. The van der Waals surface area contributed by atoms with Gasteiger partial charge in [0.25, 0.3) is 5.91 Å². The highest BCUT2D eigenvalue weighted by atomic mass is 19.4. The number of anilines is 1. The minimum absolute atomic E-state index is 0.0302. The molecule has 0 N–H and O–H groups in total. The summed E-state index contributed by atoms with van der Waals surface area (Å²) in [5, 5.41) is 0. The lowest BCUT2D eigenvalue weighted by atomic mass is 9.97. The first-order chi connectivity index (χ1) is 21.3. The van der Waals surface area contributed by atoms with Crippen LogP contribution in [-0.2, 0) is 17.1 Å². The van der Waals surface area contributed by atoms with Gasteiger partial charge in [-0.15, -0.1) is 0 Å². The number of unbranched alkanes of at least 4 members (excludes halogenated alkanes) is 1. The van der Waals surface area contributed by atoms with E-state index < -0.39 is 53.4 Å². The van der Waals surface area contributed by atoms with E-state index in [4.69, 9.17) is 4.74 Å². The number of halogens is 6. The molecule has 1 unspecified atom stereocenters. The van der Waals surface area contributed by atoms with Gasteiger partial charge in [0.05, 0.1) is 35.3 Å². The van der Waals surface area contributed by atoms with E-state index in [1.165, 1.54) is 12.0 Å². The molecular formula is C33H29F6N3O3. The molecule has 236 valence electrons. The van der Waals surface area contributed by atoms with Crippen molar-refractivity contribution in [3.63, 3.8) is 0 Å². The van der Waals surface area contributed by atoms with Crippen molar-refractivity contribution in [3.05, 3.63) is 113 Å². The maximum absolute atomic E-state index is 14.3. The van der Waals surface area contributed by atoms with E-state index in [1.54, 1.807) is 36.4 Å². The van der Waals surface area contributed by atoms with Gasteiger partial charge in [0.15, 0.2) is 0 Å². The second-order valence-electron chi connectivity index (χ2n) is 10.6. The normalized spacial score (nSPS) is 14.5. The van der Waals surface area contributed by atoms with Crippen molar-refractivity contribution >= 4 is 17.5 Å². The lowest BCUT2D eigenvalue weighted by molar-refractivity contribution is -0.143. The molecule has 0 radical (unpaired) electrons. The van der Waals surface area contributed by atoms with Gasteiger partial charge in [-0.1, -0.05) is 37.6 Å². The minimum Gasteiger partial charge on any atom is -0.497 e. The highest BCUT2D eigenvalue weighted by molar-refractivity contribution is 6.02. The van der Waals surface area contributed by atoms with Crippen molar-refractivity contribution < 1.29 is 40.7 Å². The van der Waals surface area contributed by atoms with E-state index in [0.29, 0.717) is 42.1 Å². The zero-order valence-electron chi connectivity index (χ0n) is 24.3. The van der Waals surface area contributed by atoms with Crippen molar-refractivity contribution in [1.29, 1.82) is 0 Å². The second-order valence-corrected chi connectivity index (χ2v) is 10.6. The zero-order valence-corrected chi connectivity index (χ0v) is 24.3. The van der Waals surface area contributed by atoms with Crippen molar-refractivity contribution in [2.45, 2.75) is 38.2 Å². The Kier molecular flexibility index (Phi) is 8.68. The van der Waals surface area contributed by atoms with Crippen LogP contribution >= 0.6 is 0 Å². The monoisotopic (exact) mass is 629 g/mol. The van der Waals surface area contributed by atoms with Gasteiger partial charge in [-0.05, 0) is 66.6 Å². The molecule has 0 bridgehead atoms. The third-order valence-electron chi connectivity index (χ3n) is 7.65. The first-order valence-electron chi connectivity index (χ1n) is 14.1. The molecule has 0 spiro atoms. The van der Waals surface area contributed by atoms with Crippen LogP contribution in [0.2, 0.25) is 0 Å². The molecule has 2 amide bonds. The van der Waals surface area contributed by atoms with E-state index in [0.717, 1.165) is 16.2 Å². The molecule has 1 aliphatic heterocycles. The lowest BCUT2D eigenvalue weighted by Crippen LogP contribution is -2.47. The number of alkyl halides is 6. The zero-order chi connectivity index (χ0) is 32.5. The molecule has 1 aliphatic rings. The number of carbonyl (C=O) groups excluding carboxylic acids is 2. The Labute approximate surface area is 255 Å². The number of amides is 2. The highest BCUT2D eigenvalue weighted by Gasteiger charge is 2.40. The maximum Gasteiger partial charge on any atom is 0.416 e. The van der Waals surface area contributed by atoms with Crippen LogP contribution in [0.25, 0.3) is 5.69 Å². The van der Waals surface area contributed by atoms with Gasteiger partial charge in [-0.25, -0.2) is 0 Å². The number of rotatable bonds is 8. The van der Waals surface area contributed by atoms with Crippen molar-refractivity contribution in [3.8, 4) is 11.4 Å². The summed E-state index contributed by atoms with van der Waals surface area (Å²) in [7, 11) is 1.52. The van der Waals surface area contributed by atoms with Crippen LogP contribution in [-0.4, -0.2) is 41.5 Å². The number of ether oxygens (including phenoxy) is 1. The fraction of sp³-hybridized carbons (Fsp3) is 0.273. The average Bonchev–Trinajstić information content (AvgIpc) is 3.51. The third kappa shape index (κ3) is 6.40. The molecular weight excluding hydrogens is 600 g/mol. The first kappa shape index (κ1) is 31.7. The van der Waals surface area contributed by atoms with Crippen molar-refractivity contribution in [1.82, 2.24) is 9.47 Å². The molecule has 6 nitrogen and oxygen atoms in total. The molecule has 2 heterocycles. The Balaban J connectivity index is 1.57. The number of fused-ring (bicyclic) bond motifs is 3. The smallest absolute Gasteiger partial charge is 0.416 e. The van der Waals surface area contributed by atoms with Gasteiger partial charge in [0, 0.05) is 18.3 Å². The Morgan fingerprint density at radius 2 is 1.47 bits per heavy atom. The molecule has 0 fully saturated rings. The molecule has 0 saturated heterocycles. The van der Waals surface area contributed by atoms with Crippen molar-refractivity contribution in [2.75, 3.05) is 25.1 Å². The summed E-state index contributed by atoms with van der Waals surface area (Å²) in [6.45, 7) is 1.17. The van der Waals surface area contributed by atoms with Crippen LogP contribution < -0.4 is 9.64 Å². The average molecular weight is 630 g/mol. The Bertz CT molecular complexity index is 1660. The largest absolute Gasteiger partial charge is 0.497 e. The number of benzene rings is 3. The molecule has 1 atom stereocenters. The minimum atomic E-state index is -5.13. The molecule has 4 aromatic rings. The molecule has 5 rings (SSSR count). The molecule has 3 aromatic carbocycles. The van der Waals surface area contributed by atoms with Crippen LogP contribution in [0.15, 0.2) is 85.1 Å². The lowest BCUT2D eigenvalue weighted by Gasteiger charge is -2.39. The molecule has 45 heavy (non-hydrogen) atoms. The van der Waals surface area contributed by atoms with E-state index >= 15 is 0 Å². The summed E-state index contributed by atoms with van der Waals surface area (Å²) in [4.78, 5) is 30.5. The number of aromatic nitrogens is 1. The van der Waals surface area contributed by atoms with E-state index in [2.05, 4.69) is 0 Å². The van der Waals surface area contributed by atoms with Crippen LogP contribution in [0.1, 0.15) is 58.5 Å². The number of nitrogens with zero attached hydrogens (tertiary/aromatic N) is 3. The summed E-state index contributed by atoms with van der Waals surface area (Å²) in [5.74, 6) is -1.08. The first-order valence-corrected chi connectivity index (χ1v) is 14.1. The van der Waals surface area contributed by atoms with E-state index in [1.807, 2.05) is 42.0 Å². The quantitative estimate of drug-likeness (QED) is 0.186. The number of para-hydroxylation sites is 2. The fourth-order valence-electron chi connectivity index (χ4n) is 5.47. The summed E-state index contributed by atoms with van der Waals surface area (Å²) >= 11 is 0. The Morgan fingerprint density at radius 3 is 2.04 bits per heavy atom. The van der Waals surface area contributed by atoms with Gasteiger partial charge < -0.3 is 14.2 Å². The molecule has 1 aromatic heterocycles. The topological polar surface area (TPSA) is 54.8 Å². The van der Waals surface area contributed by atoms with Crippen LogP contribution in [0, 0.1) is 0 Å². The Hall–Kier alpha value is -4.74. The highest BCUT2D eigenvalue weighted by Crippen LogP contribution is 2.43. The fourth-order valence-corrected chi connectivity index (χ4v) is 5.47. The summed E-state index contributed by atoms with van der Waals surface area (Å²) in [6, 6.07) is 18.0. The number of hydrogen-bond donors (Lipinski definition) is 0. The van der Waals surface area contributed by atoms with Gasteiger partial charge in [-0.3, -0.25) is 14.5 Å². The Morgan fingerprint density at radius 1 is 0.844 bits per heavy atom. The predicted octanol–water partition coefficient (Wildman–Crippen LogP) is 7.90. The van der Waals surface area contributed by atoms with Crippen LogP contribution in [0.4, 0.5) is 32.0 Å². The van der Waals surface area contributed by atoms with Gasteiger partial charge in [-0.2, -0.15) is 26.3 Å². The standard InChI is InChI=1S/C33H29F6N3O3/c1-3-4-15-40(31(44)22-17-23(32(34,35)36)19-24(18-22)33(37,38)39)20-29(43)42-27-9-6-5-8-26(27)41-16-7-10-28(41)30(42)21-11-13-25(45-2)14-12-21/h5-14,16-19,30H,3-4,15,20H2,1-2H3. The van der Waals surface area contributed by atoms with Crippen molar-refractivity contribution in [2.24, 2.45) is 0 Å². The van der Waals surface area contributed by atoms with E-state index in [9.17, 15) is 35.9 Å². The summed E-state index contributed by atoms with van der Waals surface area (Å²) in [5.41, 5.74) is -1.34. The van der Waals surface area contributed by atoms with E-state index in [-0.39, 0.29) is 12.6 Å². The predicted molar refractivity (Wildman–Crippen MR) is 155 cm³/mol. The van der Waals surface area contributed by atoms with Gasteiger partial charge in [0.2, 0.25) is 5.91 Å². The maximum atomic E-state index is 14.3. The van der Waals surface area contributed by atoms with Gasteiger partial charge >= 0.3 is 12.4 Å². The SMILES string of the molecule is CCCCN(CC(=O)N1c2ccccc2-n2cccc2C1c1ccc(OC)cc1)C(=O)c1cc(C(F)(F)F)cc(C(F)(F)F)c1. The molecule has 12 heteroatoms. The second kappa shape index (κ2) is 12.3. The third-order valence-corrected chi connectivity index (χ3v) is 7.65.